The molecule has 0 radical (unpaired) electrons. The summed E-state index contributed by atoms with van der Waals surface area (Å²) in [6, 6.07) is 4.18. The van der Waals surface area contributed by atoms with Crippen LogP contribution >= 0.6 is 0 Å². The molecule has 2 aromatic heterocycles. The van der Waals surface area contributed by atoms with Crippen LogP contribution in [0, 0.1) is 0 Å². The molecule has 0 aromatic carbocycles. The number of amides is 1. The molecular weight excluding hydrogens is 256 g/mol. The average Bonchev–Trinajstić information content (AvgIpc) is 3.08. The fraction of sp³-hybridized carbons (Fsp3) is 0.429. The molecule has 1 atom stereocenters. The molecule has 0 spiro atoms. The number of hydrogen-bond donors (Lipinski definition) is 2. The normalized spacial score (nSPS) is 12.1. The number of rotatable bonds is 7. The summed E-state index contributed by atoms with van der Waals surface area (Å²) in [6.45, 7) is 2.35. The standard InChI is InChI=1S/C14H20N4O2/c1-11(5-6-13-4-3-7-20-13)17-12-8-16-18(9-12)10-14(19)15-2/h3-4,7-9,11,17H,5-6,10H2,1-2H3,(H,15,19). The van der Waals surface area contributed by atoms with Crippen molar-refractivity contribution in [1.82, 2.24) is 15.1 Å². The lowest BCUT2D eigenvalue weighted by atomic mass is 10.1. The molecule has 0 saturated carbocycles. The minimum atomic E-state index is -0.0643. The summed E-state index contributed by atoms with van der Waals surface area (Å²) in [5, 5.41) is 10.1. The molecule has 0 aliphatic rings. The molecule has 2 aromatic rings. The van der Waals surface area contributed by atoms with E-state index in [1.807, 2.05) is 18.3 Å². The van der Waals surface area contributed by atoms with Crippen LogP contribution < -0.4 is 10.6 Å². The Morgan fingerprint density at radius 1 is 1.55 bits per heavy atom. The number of aryl methyl sites for hydroxylation is 1. The molecule has 0 fully saturated rings. The first-order valence-electron chi connectivity index (χ1n) is 6.69. The monoisotopic (exact) mass is 276 g/mol. The Morgan fingerprint density at radius 2 is 2.40 bits per heavy atom. The van der Waals surface area contributed by atoms with Crippen molar-refractivity contribution in [2.75, 3.05) is 12.4 Å². The van der Waals surface area contributed by atoms with Gasteiger partial charge in [0.1, 0.15) is 12.3 Å². The number of hydrogen-bond acceptors (Lipinski definition) is 4. The van der Waals surface area contributed by atoms with Gasteiger partial charge in [0.2, 0.25) is 5.91 Å². The Morgan fingerprint density at radius 3 is 3.10 bits per heavy atom. The zero-order chi connectivity index (χ0) is 14.4. The van der Waals surface area contributed by atoms with Gasteiger partial charge in [0, 0.05) is 25.7 Å². The number of nitrogens with zero attached hydrogens (tertiary/aromatic N) is 2. The summed E-state index contributed by atoms with van der Waals surface area (Å²) in [6.07, 6.45) is 7.11. The van der Waals surface area contributed by atoms with Gasteiger partial charge in [0.05, 0.1) is 18.1 Å². The van der Waals surface area contributed by atoms with Gasteiger partial charge in [0.15, 0.2) is 0 Å². The molecule has 6 nitrogen and oxygen atoms in total. The third-order valence-corrected chi connectivity index (χ3v) is 3.03. The lowest BCUT2D eigenvalue weighted by Crippen LogP contribution is -2.23. The van der Waals surface area contributed by atoms with Crippen molar-refractivity contribution >= 4 is 11.6 Å². The average molecular weight is 276 g/mol. The zero-order valence-corrected chi connectivity index (χ0v) is 11.8. The molecule has 20 heavy (non-hydrogen) atoms. The predicted molar refractivity (Wildman–Crippen MR) is 76.4 cm³/mol. The van der Waals surface area contributed by atoms with Crippen LogP contribution in [0.15, 0.2) is 35.2 Å². The second kappa shape index (κ2) is 6.79. The van der Waals surface area contributed by atoms with Gasteiger partial charge in [-0.15, -0.1) is 0 Å². The van der Waals surface area contributed by atoms with Crippen molar-refractivity contribution in [2.45, 2.75) is 32.4 Å². The van der Waals surface area contributed by atoms with Gasteiger partial charge < -0.3 is 15.1 Å². The molecule has 2 heterocycles. The lowest BCUT2D eigenvalue weighted by molar-refractivity contribution is -0.121. The van der Waals surface area contributed by atoms with E-state index in [4.69, 9.17) is 4.42 Å². The van der Waals surface area contributed by atoms with Crippen LogP contribution in [0.5, 0.6) is 0 Å². The first kappa shape index (κ1) is 14.2. The van der Waals surface area contributed by atoms with E-state index in [-0.39, 0.29) is 12.5 Å². The minimum absolute atomic E-state index is 0.0643. The molecule has 6 heteroatoms. The largest absolute Gasteiger partial charge is 0.469 e. The van der Waals surface area contributed by atoms with Crippen molar-refractivity contribution in [1.29, 1.82) is 0 Å². The Balaban J connectivity index is 1.79. The van der Waals surface area contributed by atoms with Crippen molar-refractivity contribution in [2.24, 2.45) is 0 Å². The minimum Gasteiger partial charge on any atom is -0.469 e. The van der Waals surface area contributed by atoms with E-state index in [9.17, 15) is 4.79 Å². The highest BCUT2D eigenvalue weighted by Gasteiger charge is 2.07. The van der Waals surface area contributed by atoms with Crippen LogP contribution in [0.3, 0.4) is 0 Å². The van der Waals surface area contributed by atoms with Crippen molar-refractivity contribution in [3.8, 4) is 0 Å². The lowest BCUT2D eigenvalue weighted by Gasteiger charge is -2.12. The van der Waals surface area contributed by atoms with Crippen molar-refractivity contribution < 1.29 is 9.21 Å². The topological polar surface area (TPSA) is 72.1 Å². The number of furan rings is 1. The number of likely N-dealkylation sites (N-methyl/N-ethyl adjacent to an activating group) is 1. The highest BCUT2D eigenvalue weighted by molar-refractivity contribution is 5.75. The highest BCUT2D eigenvalue weighted by atomic mass is 16.3. The predicted octanol–water partition coefficient (Wildman–Crippen LogP) is 1.66. The molecule has 0 bridgehead atoms. The number of carbonyl (C=O) groups is 1. The van der Waals surface area contributed by atoms with E-state index in [2.05, 4.69) is 22.7 Å². The molecular formula is C14H20N4O2. The molecule has 108 valence electrons. The molecule has 0 aliphatic carbocycles. The fourth-order valence-electron chi connectivity index (χ4n) is 1.92. The van der Waals surface area contributed by atoms with Crippen LogP contribution in [0.25, 0.3) is 0 Å². The molecule has 2 N–H and O–H groups in total. The molecule has 1 unspecified atom stereocenters. The van der Waals surface area contributed by atoms with Gasteiger partial charge in [-0.2, -0.15) is 5.10 Å². The van der Waals surface area contributed by atoms with E-state index < -0.39 is 0 Å². The summed E-state index contributed by atoms with van der Waals surface area (Å²) in [5.41, 5.74) is 0.917. The fourth-order valence-corrected chi connectivity index (χ4v) is 1.92. The van der Waals surface area contributed by atoms with E-state index in [1.165, 1.54) is 0 Å². The van der Waals surface area contributed by atoms with Crippen LogP contribution in [0.1, 0.15) is 19.1 Å². The second-order valence-corrected chi connectivity index (χ2v) is 4.76. The van der Waals surface area contributed by atoms with Crippen molar-refractivity contribution in [3.63, 3.8) is 0 Å². The van der Waals surface area contributed by atoms with E-state index in [0.29, 0.717) is 6.04 Å². The molecule has 2 rings (SSSR count). The summed E-state index contributed by atoms with van der Waals surface area (Å²) in [4.78, 5) is 11.2. The Kier molecular flexibility index (Phi) is 4.81. The van der Waals surface area contributed by atoms with Gasteiger partial charge in [-0.05, 0) is 25.5 Å². The number of aromatic nitrogens is 2. The van der Waals surface area contributed by atoms with E-state index in [1.54, 1.807) is 24.2 Å². The SMILES string of the molecule is CNC(=O)Cn1cc(NC(C)CCc2ccco2)cn1. The molecule has 1 amide bonds. The van der Waals surface area contributed by atoms with Crippen LogP contribution in [0.4, 0.5) is 5.69 Å². The summed E-state index contributed by atoms with van der Waals surface area (Å²) in [5.74, 6) is 0.930. The van der Waals surface area contributed by atoms with E-state index >= 15 is 0 Å². The van der Waals surface area contributed by atoms with Crippen molar-refractivity contribution in [3.05, 3.63) is 36.5 Å². The third-order valence-electron chi connectivity index (χ3n) is 3.03. The van der Waals surface area contributed by atoms with Crippen LogP contribution in [-0.2, 0) is 17.8 Å². The van der Waals surface area contributed by atoms with Gasteiger partial charge in [0.25, 0.3) is 0 Å². The Hall–Kier alpha value is -2.24. The zero-order valence-electron chi connectivity index (χ0n) is 11.8. The number of nitrogens with one attached hydrogen (secondary N) is 2. The Bertz CT molecular complexity index is 533. The van der Waals surface area contributed by atoms with Gasteiger partial charge in [-0.1, -0.05) is 0 Å². The second-order valence-electron chi connectivity index (χ2n) is 4.76. The number of anilines is 1. The first-order chi connectivity index (χ1) is 9.67. The maximum Gasteiger partial charge on any atom is 0.241 e. The highest BCUT2D eigenvalue weighted by Crippen LogP contribution is 2.11. The van der Waals surface area contributed by atoms with Gasteiger partial charge in [-0.25, -0.2) is 0 Å². The number of carbonyl (C=O) groups excluding carboxylic acids is 1. The third kappa shape index (κ3) is 4.15. The smallest absolute Gasteiger partial charge is 0.241 e. The maximum atomic E-state index is 11.2. The van der Waals surface area contributed by atoms with Gasteiger partial charge >= 0.3 is 0 Å². The maximum absolute atomic E-state index is 11.2. The molecule has 0 aliphatic heterocycles. The summed E-state index contributed by atoms with van der Waals surface area (Å²) in [7, 11) is 1.61. The first-order valence-corrected chi connectivity index (χ1v) is 6.69. The van der Waals surface area contributed by atoms with Gasteiger partial charge in [-0.3, -0.25) is 9.48 Å². The van der Waals surface area contributed by atoms with Crippen LogP contribution in [-0.4, -0.2) is 28.8 Å². The quantitative estimate of drug-likeness (QED) is 0.806. The summed E-state index contributed by atoms with van der Waals surface area (Å²) < 4.78 is 6.92. The Labute approximate surface area is 118 Å². The summed E-state index contributed by atoms with van der Waals surface area (Å²) >= 11 is 0. The van der Waals surface area contributed by atoms with Crippen LogP contribution in [0.2, 0.25) is 0 Å². The molecule has 0 saturated heterocycles. The van der Waals surface area contributed by atoms with E-state index in [0.717, 1.165) is 24.3 Å².